The van der Waals surface area contributed by atoms with Gasteiger partial charge in [0.15, 0.2) is 0 Å². The highest BCUT2D eigenvalue weighted by atomic mass is 16.2. The number of rotatable bonds is 9. The predicted molar refractivity (Wildman–Crippen MR) is 160 cm³/mol. The van der Waals surface area contributed by atoms with E-state index in [1.165, 1.54) is 44.4 Å². The van der Waals surface area contributed by atoms with Gasteiger partial charge in [0.25, 0.3) is 0 Å². The maximum Gasteiger partial charge on any atom is 0.236 e. The molecule has 202 valence electrons. The summed E-state index contributed by atoms with van der Waals surface area (Å²) < 4.78 is 0. The van der Waals surface area contributed by atoms with Crippen LogP contribution in [0.2, 0.25) is 0 Å². The number of allylic oxidation sites excluding steroid dienone is 5. The monoisotopic (exact) mass is 503 g/mol. The van der Waals surface area contributed by atoms with E-state index in [-0.39, 0.29) is 5.91 Å². The summed E-state index contributed by atoms with van der Waals surface area (Å²) in [5.74, 6) is 1.66. The van der Waals surface area contributed by atoms with Gasteiger partial charge in [0.1, 0.15) is 0 Å². The molecular weight excluding hydrogens is 454 g/mol. The van der Waals surface area contributed by atoms with Crippen molar-refractivity contribution in [2.24, 2.45) is 5.92 Å². The number of piperidine rings is 1. The molecule has 1 aromatic heterocycles. The SMILES string of the molecule is C=C(C)/C(C)=C(\C=C(\C)C(C)CC)c1[nH]c2ccc(C3CCN(CC(=O)N(C)C)CC3)cc2c1C(C)C. The minimum absolute atomic E-state index is 0.188. The molecule has 2 aromatic rings. The number of benzene rings is 1. The van der Waals surface area contributed by atoms with Gasteiger partial charge in [0.2, 0.25) is 5.91 Å². The molecule has 1 unspecified atom stereocenters. The number of likely N-dealkylation sites (N-methyl/N-ethyl adjacent to an activating group) is 1. The molecule has 1 saturated heterocycles. The highest BCUT2D eigenvalue weighted by molar-refractivity contribution is 5.93. The lowest BCUT2D eigenvalue weighted by Crippen LogP contribution is -2.40. The fourth-order valence-electron chi connectivity index (χ4n) is 5.34. The normalized spacial score (nSPS) is 17.3. The van der Waals surface area contributed by atoms with E-state index < -0.39 is 0 Å². The molecule has 1 fully saturated rings. The minimum atomic E-state index is 0.188. The van der Waals surface area contributed by atoms with Gasteiger partial charge < -0.3 is 9.88 Å². The molecule has 1 N–H and O–H groups in total. The summed E-state index contributed by atoms with van der Waals surface area (Å²) in [5, 5.41) is 1.34. The Kier molecular flexibility index (Phi) is 9.63. The molecule has 3 rings (SSSR count). The predicted octanol–water partition coefficient (Wildman–Crippen LogP) is 7.90. The second-order valence-electron chi connectivity index (χ2n) is 11.7. The fourth-order valence-corrected chi connectivity index (χ4v) is 5.34. The summed E-state index contributed by atoms with van der Waals surface area (Å²) in [7, 11) is 3.67. The maximum atomic E-state index is 12.1. The molecule has 4 nitrogen and oxygen atoms in total. The van der Waals surface area contributed by atoms with E-state index in [1.54, 1.807) is 4.90 Å². The molecule has 0 bridgehead atoms. The number of hydrogen-bond acceptors (Lipinski definition) is 2. The lowest BCUT2D eigenvalue weighted by molar-refractivity contribution is -0.130. The van der Waals surface area contributed by atoms with Gasteiger partial charge in [-0.2, -0.15) is 0 Å². The van der Waals surface area contributed by atoms with Crippen molar-refractivity contribution >= 4 is 22.4 Å². The Labute approximate surface area is 225 Å². The summed E-state index contributed by atoms with van der Waals surface area (Å²) in [6, 6.07) is 7.03. The largest absolute Gasteiger partial charge is 0.354 e. The smallest absolute Gasteiger partial charge is 0.236 e. The third kappa shape index (κ3) is 6.65. The van der Waals surface area contributed by atoms with Crippen LogP contribution in [-0.2, 0) is 4.79 Å². The Bertz CT molecular complexity index is 1190. The van der Waals surface area contributed by atoms with Crippen LogP contribution >= 0.6 is 0 Å². The number of carbonyl (C=O) groups is 1. The first-order valence-electron chi connectivity index (χ1n) is 14.1. The van der Waals surface area contributed by atoms with Crippen LogP contribution in [0.1, 0.15) is 96.4 Å². The molecule has 1 aromatic carbocycles. The number of nitrogens with zero attached hydrogens (tertiary/aromatic N) is 2. The molecule has 1 aliphatic heterocycles. The molecule has 1 amide bonds. The highest BCUT2D eigenvalue weighted by Crippen LogP contribution is 2.39. The van der Waals surface area contributed by atoms with Gasteiger partial charge in [0, 0.05) is 30.6 Å². The van der Waals surface area contributed by atoms with Crippen LogP contribution in [0, 0.1) is 5.92 Å². The van der Waals surface area contributed by atoms with Crippen LogP contribution in [-0.4, -0.2) is 54.4 Å². The van der Waals surface area contributed by atoms with Gasteiger partial charge in [0.05, 0.1) is 12.2 Å². The van der Waals surface area contributed by atoms with Gasteiger partial charge in [-0.1, -0.05) is 57.6 Å². The van der Waals surface area contributed by atoms with E-state index in [2.05, 4.69) is 89.2 Å². The lowest BCUT2D eigenvalue weighted by atomic mass is 9.86. The van der Waals surface area contributed by atoms with E-state index >= 15 is 0 Å². The van der Waals surface area contributed by atoms with Crippen LogP contribution in [0.3, 0.4) is 0 Å². The number of fused-ring (bicyclic) bond motifs is 1. The topological polar surface area (TPSA) is 39.3 Å². The van der Waals surface area contributed by atoms with E-state index in [0.29, 0.717) is 24.3 Å². The third-order valence-corrected chi connectivity index (χ3v) is 8.43. The summed E-state index contributed by atoms with van der Waals surface area (Å²) in [5.41, 5.74) is 10.3. The Hall–Kier alpha value is -2.59. The summed E-state index contributed by atoms with van der Waals surface area (Å²) in [4.78, 5) is 20.0. The average molecular weight is 504 g/mol. The number of carbonyl (C=O) groups excluding carboxylic acids is 1. The van der Waals surface area contributed by atoms with E-state index in [1.807, 2.05) is 14.1 Å². The van der Waals surface area contributed by atoms with Crippen LogP contribution in [0.25, 0.3) is 16.5 Å². The molecule has 0 radical (unpaired) electrons. The molecule has 0 aliphatic carbocycles. The van der Waals surface area contributed by atoms with Gasteiger partial charge >= 0.3 is 0 Å². The standard InChI is InChI=1S/C33H49N3O/c1-11-23(6)24(7)18-28(25(8)21(2)3)33-32(22(4)5)29-19-27(12-13-30(29)34-33)26-14-16-36(17-15-26)20-31(37)35(9)10/h12-13,18-19,22-23,26,34H,2,11,14-17,20H2,1,3-10H3/b24-18-,28-25+. The summed E-state index contributed by atoms with van der Waals surface area (Å²) >= 11 is 0. The number of likely N-dealkylation sites (tertiary alicyclic amines) is 1. The van der Waals surface area contributed by atoms with Gasteiger partial charge in [-0.3, -0.25) is 9.69 Å². The van der Waals surface area contributed by atoms with E-state index in [9.17, 15) is 4.79 Å². The van der Waals surface area contributed by atoms with Crippen LogP contribution in [0.4, 0.5) is 0 Å². The highest BCUT2D eigenvalue weighted by Gasteiger charge is 2.24. The number of H-pyrrole nitrogens is 1. The first kappa shape index (κ1) is 29.0. The van der Waals surface area contributed by atoms with E-state index in [4.69, 9.17) is 0 Å². The molecular formula is C33H49N3O. The zero-order valence-corrected chi connectivity index (χ0v) is 24.8. The van der Waals surface area contributed by atoms with Gasteiger partial charge in [-0.15, -0.1) is 0 Å². The average Bonchev–Trinajstić information content (AvgIpc) is 3.25. The molecule has 1 atom stereocenters. The number of aromatic nitrogens is 1. The molecule has 37 heavy (non-hydrogen) atoms. The molecule has 1 aliphatic rings. The van der Waals surface area contributed by atoms with Gasteiger partial charge in [-0.05, 0) is 99.7 Å². The fraction of sp³-hybridized carbons (Fsp3) is 0.545. The Morgan fingerprint density at radius 2 is 1.81 bits per heavy atom. The maximum absolute atomic E-state index is 12.1. The van der Waals surface area contributed by atoms with Crippen molar-refractivity contribution in [3.8, 4) is 0 Å². The summed E-state index contributed by atoms with van der Waals surface area (Å²) in [6.45, 7) is 22.5. The quantitative estimate of drug-likeness (QED) is 0.353. The van der Waals surface area contributed by atoms with Crippen molar-refractivity contribution in [3.63, 3.8) is 0 Å². The number of nitrogens with one attached hydrogen (secondary N) is 1. The zero-order valence-electron chi connectivity index (χ0n) is 24.8. The second kappa shape index (κ2) is 12.3. The van der Waals surface area contributed by atoms with Crippen molar-refractivity contribution in [3.05, 3.63) is 64.4 Å². The third-order valence-electron chi connectivity index (χ3n) is 8.43. The first-order valence-corrected chi connectivity index (χ1v) is 14.1. The number of amides is 1. The number of hydrogen-bond donors (Lipinski definition) is 1. The molecule has 0 spiro atoms. The minimum Gasteiger partial charge on any atom is -0.354 e. The van der Waals surface area contributed by atoms with Gasteiger partial charge in [-0.25, -0.2) is 0 Å². The van der Waals surface area contributed by atoms with Crippen molar-refractivity contribution in [1.82, 2.24) is 14.8 Å². The van der Waals surface area contributed by atoms with Crippen molar-refractivity contribution < 1.29 is 4.79 Å². The van der Waals surface area contributed by atoms with Crippen LogP contribution < -0.4 is 0 Å². The Morgan fingerprint density at radius 3 is 2.35 bits per heavy atom. The van der Waals surface area contributed by atoms with Crippen molar-refractivity contribution in [2.45, 2.75) is 79.6 Å². The van der Waals surface area contributed by atoms with Crippen molar-refractivity contribution in [2.75, 3.05) is 33.7 Å². The first-order chi connectivity index (χ1) is 17.4. The molecule has 2 heterocycles. The zero-order chi connectivity index (χ0) is 27.4. The lowest BCUT2D eigenvalue weighted by Gasteiger charge is -2.32. The van der Waals surface area contributed by atoms with Crippen molar-refractivity contribution in [1.29, 1.82) is 0 Å². The number of aromatic amines is 1. The summed E-state index contributed by atoms with van der Waals surface area (Å²) in [6.07, 6.45) is 5.71. The van der Waals surface area contributed by atoms with E-state index in [0.717, 1.165) is 37.9 Å². The van der Waals surface area contributed by atoms with Crippen LogP contribution in [0.15, 0.2) is 47.6 Å². The Balaban J connectivity index is 2.00. The molecule has 4 heteroatoms. The second-order valence-corrected chi connectivity index (χ2v) is 11.7. The molecule has 0 saturated carbocycles. The van der Waals surface area contributed by atoms with Crippen LogP contribution in [0.5, 0.6) is 0 Å². The Morgan fingerprint density at radius 1 is 1.16 bits per heavy atom.